The Balaban J connectivity index is 2.35. The Bertz CT molecular complexity index is 1140. The number of nitrogens with zero attached hydrogens (tertiary/aromatic N) is 1. The van der Waals surface area contributed by atoms with Gasteiger partial charge in [0.25, 0.3) is 0 Å². The second kappa shape index (κ2) is 15.4. The van der Waals surface area contributed by atoms with Crippen LogP contribution in [0, 0.1) is 5.92 Å². The minimum atomic E-state index is -3.99. The highest BCUT2D eigenvalue weighted by atomic mass is 32.2. The number of carbonyl (C=O) groups is 2. The number of nitrogens with one attached hydrogen (secondary N) is 1. The molecule has 11 heteroatoms. The Morgan fingerprint density at radius 1 is 0.974 bits per heavy atom. The molecule has 0 aliphatic carbocycles. The van der Waals surface area contributed by atoms with Crippen LogP contribution in [-0.4, -0.2) is 75.5 Å². The molecule has 3 atom stereocenters. The van der Waals surface area contributed by atoms with E-state index in [4.69, 9.17) is 9.47 Å². The van der Waals surface area contributed by atoms with E-state index in [1.807, 2.05) is 44.2 Å². The fraction of sp³-hybridized carbons (Fsp3) is 0.500. The Morgan fingerprint density at radius 3 is 2.13 bits per heavy atom. The molecule has 39 heavy (non-hydrogen) atoms. The average Bonchev–Trinajstić information content (AvgIpc) is 2.94. The molecular weight excluding hydrogens is 524 g/mol. The molecule has 0 bridgehead atoms. The minimum absolute atomic E-state index is 0.0663. The third-order valence-electron chi connectivity index (χ3n) is 6.59. The van der Waals surface area contributed by atoms with Crippen molar-refractivity contribution < 1.29 is 37.3 Å². The predicted octanol–water partition coefficient (Wildman–Crippen LogP) is 3.38. The quantitative estimate of drug-likeness (QED) is 0.315. The Morgan fingerprint density at radius 2 is 1.59 bits per heavy atom. The van der Waals surface area contributed by atoms with Crippen molar-refractivity contribution in [2.75, 3.05) is 27.3 Å². The molecule has 2 rings (SSSR count). The maximum absolute atomic E-state index is 13.7. The third-order valence-corrected chi connectivity index (χ3v) is 8.43. The van der Waals surface area contributed by atoms with Crippen LogP contribution < -0.4 is 10.1 Å². The van der Waals surface area contributed by atoms with E-state index in [-0.39, 0.29) is 30.3 Å². The van der Waals surface area contributed by atoms with E-state index in [0.29, 0.717) is 5.75 Å². The number of amides is 1. The third kappa shape index (κ3) is 9.52. The van der Waals surface area contributed by atoms with Crippen molar-refractivity contribution in [3.8, 4) is 5.75 Å². The molecule has 2 aromatic carbocycles. The molecular formula is C28H40N2O8S. The molecule has 2 aromatic rings. The zero-order chi connectivity index (χ0) is 29.0. The van der Waals surface area contributed by atoms with Crippen LogP contribution in [-0.2, 0) is 30.7 Å². The lowest BCUT2D eigenvalue weighted by Gasteiger charge is -2.31. The van der Waals surface area contributed by atoms with Crippen LogP contribution in [0.1, 0.15) is 39.2 Å². The van der Waals surface area contributed by atoms with Gasteiger partial charge in [0.05, 0.1) is 31.3 Å². The van der Waals surface area contributed by atoms with E-state index in [1.54, 1.807) is 12.1 Å². The van der Waals surface area contributed by atoms with Gasteiger partial charge in [-0.3, -0.25) is 0 Å². The van der Waals surface area contributed by atoms with Gasteiger partial charge in [0, 0.05) is 13.1 Å². The number of rotatable bonds is 15. The van der Waals surface area contributed by atoms with Gasteiger partial charge in [-0.2, -0.15) is 4.31 Å². The maximum Gasteiger partial charge on any atom is 0.408 e. The molecule has 0 aromatic heterocycles. The number of hydrogen-bond donors (Lipinski definition) is 2. The van der Waals surface area contributed by atoms with E-state index < -0.39 is 40.3 Å². The lowest BCUT2D eigenvalue weighted by Crippen LogP contribution is -2.51. The standard InChI is InChI=1S/C28H40N2O8S/c1-6-21(7-2)18-30(39(34,35)24-15-13-23(36-4)14-16-24)19-26(31)25(17-22-11-9-8-10-12-22)29-28(33)38-20(3)27(32)37-5/h8-16,20-21,25-26,31H,6-7,17-19H2,1-5H3,(H,29,33)/t20-,25+,26-/m1/s1. The zero-order valence-corrected chi connectivity index (χ0v) is 24.0. The second-order valence-electron chi connectivity index (χ2n) is 9.26. The number of aliphatic hydroxyl groups excluding tert-OH is 1. The highest BCUT2D eigenvalue weighted by Gasteiger charge is 2.32. The summed E-state index contributed by atoms with van der Waals surface area (Å²) in [5.41, 5.74) is 0.812. The number of aliphatic hydroxyl groups is 1. The Hall–Kier alpha value is -3.15. The summed E-state index contributed by atoms with van der Waals surface area (Å²) >= 11 is 0. The summed E-state index contributed by atoms with van der Waals surface area (Å²) in [7, 11) is -1.32. The summed E-state index contributed by atoms with van der Waals surface area (Å²) in [6.45, 7) is 5.27. The molecule has 0 aliphatic heterocycles. The maximum atomic E-state index is 13.7. The van der Waals surface area contributed by atoms with Crippen LogP contribution in [0.3, 0.4) is 0 Å². The summed E-state index contributed by atoms with van der Waals surface area (Å²) in [6, 6.07) is 14.3. The number of benzene rings is 2. The molecule has 0 unspecified atom stereocenters. The van der Waals surface area contributed by atoms with Crippen molar-refractivity contribution in [3.63, 3.8) is 0 Å². The number of ether oxygens (including phenoxy) is 3. The first-order valence-corrected chi connectivity index (χ1v) is 14.4. The highest BCUT2D eigenvalue weighted by molar-refractivity contribution is 7.89. The van der Waals surface area contributed by atoms with Crippen LogP contribution in [0.4, 0.5) is 4.79 Å². The topological polar surface area (TPSA) is 131 Å². The van der Waals surface area contributed by atoms with E-state index in [1.165, 1.54) is 37.6 Å². The summed E-state index contributed by atoms with van der Waals surface area (Å²) < 4.78 is 43.5. The number of alkyl carbamates (subject to hydrolysis) is 1. The van der Waals surface area contributed by atoms with Crippen LogP contribution >= 0.6 is 0 Å². The molecule has 0 fully saturated rings. The van der Waals surface area contributed by atoms with Crippen LogP contribution in [0.5, 0.6) is 5.75 Å². The van der Waals surface area contributed by atoms with E-state index in [0.717, 1.165) is 18.4 Å². The largest absolute Gasteiger partial charge is 0.497 e. The van der Waals surface area contributed by atoms with Gasteiger partial charge in [-0.05, 0) is 49.1 Å². The minimum Gasteiger partial charge on any atom is -0.497 e. The molecule has 216 valence electrons. The van der Waals surface area contributed by atoms with E-state index in [9.17, 15) is 23.1 Å². The fourth-order valence-electron chi connectivity index (χ4n) is 4.05. The van der Waals surface area contributed by atoms with Crippen LogP contribution in [0.2, 0.25) is 0 Å². The number of esters is 1. The molecule has 10 nitrogen and oxygen atoms in total. The van der Waals surface area contributed by atoms with Gasteiger partial charge >= 0.3 is 12.1 Å². The van der Waals surface area contributed by atoms with Crippen molar-refractivity contribution in [2.24, 2.45) is 5.92 Å². The van der Waals surface area contributed by atoms with Crippen LogP contribution in [0.15, 0.2) is 59.5 Å². The molecule has 0 aliphatic rings. The smallest absolute Gasteiger partial charge is 0.408 e. The van der Waals surface area contributed by atoms with Crippen molar-refractivity contribution >= 4 is 22.1 Å². The SMILES string of the molecule is CCC(CC)CN(C[C@@H](O)[C@H](Cc1ccccc1)NC(=O)O[C@H](C)C(=O)OC)S(=O)(=O)c1ccc(OC)cc1. The molecule has 2 N–H and O–H groups in total. The number of methoxy groups -OCH3 is 2. The second-order valence-corrected chi connectivity index (χ2v) is 11.2. The summed E-state index contributed by atoms with van der Waals surface area (Å²) in [5.74, 6) is -0.142. The van der Waals surface area contributed by atoms with Crippen molar-refractivity contribution in [1.82, 2.24) is 9.62 Å². The number of hydrogen-bond acceptors (Lipinski definition) is 8. The summed E-state index contributed by atoms with van der Waals surface area (Å²) in [5, 5.41) is 14.0. The van der Waals surface area contributed by atoms with Gasteiger partial charge < -0.3 is 24.6 Å². The van der Waals surface area contributed by atoms with Gasteiger partial charge in [-0.25, -0.2) is 18.0 Å². The van der Waals surface area contributed by atoms with Crippen molar-refractivity contribution in [3.05, 3.63) is 60.2 Å². The van der Waals surface area contributed by atoms with Crippen molar-refractivity contribution in [1.29, 1.82) is 0 Å². The first-order valence-electron chi connectivity index (χ1n) is 13.0. The first kappa shape index (κ1) is 32.1. The van der Waals surface area contributed by atoms with E-state index in [2.05, 4.69) is 10.1 Å². The van der Waals surface area contributed by atoms with Gasteiger partial charge in [-0.1, -0.05) is 57.0 Å². The molecule has 1 amide bonds. The summed E-state index contributed by atoms with van der Waals surface area (Å²) in [6.07, 6.45) is -1.68. The van der Waals surface area contributed by atoms with Gasteiger partial charge in [0.15, 0.2) is 6.10 Å². The first-order chi connectivity index (χ1) is 18.5. The number of sulfonamides is 1. The van der Waals surface area contributed by atoms with Crippen LogP contribution in [0.25, 0.3) is 0 Å². The lowest BCUT2D eigenvalue weighted by atomic mass is 10.0. The monoisotopic (exact) mass is 564 g/mol. The molecule has 0 saturated carbocycles. The Labute approximate surface area is 231 Å². The Kier molecular flexibility index (Phi) is 12.7. The normalized spacial score (nSPS) is 13.9. The number of carbonyl (C=O) groups excluding carboxylic acids is 2. The molecule has 0 spiro atoms. The zero-order valence-electron chi connectivity index (χ0n) is 23.2. The van der Waals surface area contributed by atoms with Gasteiger partial charge in [0.2, 0.25) is 10.0 Å². The van der Waals surface area contributed by atoms with E-state index >= 15 is 0 Å². The highest BCUT2D eigenvalue weighted by Crippen LogP contribution is 2.23. The predicted molar refractivity (Wildman–Crippen MR) is 147 cm³/mol. The molecule has 0 radical (unpaired) electrons. The van der Waals surface area contributed by atoms with Gasteiger partial charge in [-0.15, -0.1) is 0 Å². The fourth-order valence-corrected chi connectivity index (χ4v) is 5.58. The lowest BCUT2D eigenvalue weighted by molar-refractivity contribution is -0.149. The van der Waals surface area contributed by atoms with Gasteiger partial charge in [0.1, 0.15) is 5.75 Å². The average molecular weight is 565 g/mol. The van der Waals surface area contributed by atoms with Crippen molar-refractivity contribution in [2.45, 2.75) is 63.2 Å². The molecule has 0 saturated heterocycles. The summed E-state index contributed by atoms with van der Waals surface area (Å²) in [4.78, 5) is 24.4. The molecule has 0 heterocycles.